The van der Waals surface area contributed by atoms with Gasteiger partial charge in [-0.25, -0.2) is 9.78 Å². The molecule has 228 valence electrons. The number of rotatable bonds is 9. The third kappa shape index (κ3) is 8.36. The average molecular weight is 611 g/mol. The van der Waals surface area contributed by atoms with Crippen molar-refractivity contribution in [2.45, 2.75) is 31.6 Å². The van der Waals surface area contributed by atoms with Gasteiger partial charge in [0.05, 0.1) is 23.4 Å². The molecule has 1 aromatic heterocycles. The lowest BCUT2D eigenvalue weighted by Gasteiger charge is -2.19. The third-order valence-electron chi connectivity index (χ3n) is 6.35. The van der Waals surface area contributed by atoms with E-state index in [0.717, 1.165) is 37.3 Å². The number of ether oxygens (including phenoxy) is 1. The SMILES string of the molecule is O=C(O)Nc1cc(OCC(F)(F)F)c(C(F)(F)F)cc1NC(=O)CC(=O)c1cccc(-c2ccnc(N3CCCC3)c2)c1. The zero-order valence-electron chi connectivity index (χ0n) is 22.2. The molecule has 0 saturated carbocycles. The van der Waals surface area contributed by atoms with Gasteiger partial charge in [0.25, 0.3) is 0 Å². The molecule has 1 aliphatic rings. The molecule has 3 aromatic rings. The van der Waals surface area contributed by atoms with Crippen LogP contribution in [0.4, 0.5) is 48.3 Å². The number of nitrogens with one attached hydrogen (secondary N) is 2. The third-order valence-corrected chi connectivity index (χ3v) is 6.35. The van der Waals surface area contributed by atoms with Gasteiger partial charge in [-0.05, 0) is 48.2 Å². The summed E-state index contributed by atoms with van der Waals surface area (Å²) in [5.74, 6) is -2.32. The van der Waals surface area contributed by atoms with Crippen molar-refractivity contribution in [1.29, 1.82) is 0 Å². The number of Topliss-reactive ketones (excluding diaryl/α,β-unsaturated/α-hetero) is 1. The topological polar surface area (TPSA) is 121 Å². The van der Waals surface area contributed by atoms with E-state index in [-0.39, 0.29) is 11.6 Å². The van der Waals surface area contributed by atoms with Gasteiger partial charge in [0.1, 0.15) is 11.6 Å². The molecule has 0 unspecified atom stereocenters. The molecular formula is C28H24F6N4O5. The number of benzene rings is 2. The van der Waals surface area contributed by atoms with E-state index in [2.05, 4.69) is 14.6 Å². The highest BCUT2D eigenvalue weighted by Gasteiger charge is 2.37. The van der Waals surface area contributed by atoms with E-state index in [1.165, 1.54) is 6.07 Å². The molecule has 3 N–H and O–H groups in total. The van der Waals surface area contributed by atoms with Gasteiger partial charge in [0, 0.05) is 30.9 Å². The molecule has 2 aromatic carbocycles. The van der Waals surface area contributed by atoms with Crippen LogP contribution < -0.4 is 20.3 Å². The second-order valence-electron chi connectivity index (χ2n) is 9.55. The lowest BCUT2D eigenvalue weighted by molar-refractivity contribution is -0.158. The van der Waals surface area contributed by atoms with Crippen molar-refractivity contribution in [2.75, 3.05) is 35.2 Å². The summed E-state index contributed by atoms with van der Waals surface area (Å²) in [6.45, 7) is -0.329. The van der Waals surface area contributed by atoms with Gasteiger partial charge in [0.15, 0.2) is 12.4 Å². The van der Waals surface area contributed by atoms with Crippen molar-refractivity contribution in [2.24, 2.45) is 0 Å². The predicted octanol–water partition coefficient (Wildman–Crippen LogP) is 6.61. The number of hydrogen-bond acceptors (Lipinski definition) is 6. The van der Waals surface area contributed by atoms with E-state index in [1.807, 2.05) is 11.4 Å². The Balaban J connectivity index is 1.54. The van der Waals surface area contributed by atoms with Gasteiger partial charge in [-0.2, -0.15) is 26.3 Å². The number of pyridine rings is 1. The van der Waals surface area contributed by atoms with Crippen LogP contribution in [0, 0.1) is 0 Å². The fraction of sp³-hybridized carbons (Fsp3) is 0.286. The van der Waals surface area contributed by atoms with Crippen LogP contribution in [-0.4, -0.2) is 53.7 Å². The Morgan fingerprint density at radius 1 is 0.907 bits per heavy atom. The Bertz CT molecular complexity index is 1520. The molecule has 4 rings (SSSR count). The summed E-state index contributed by atoms with van der Waals surface area (Å²) in [7, 11) is 0. The molecule has 0 bridgehead atoms. The lowest BCUT2D eigenvalue weighted by atomic mass is 10.0. The zero-order valence-corrected chi connectivity index (χ0v) is 22.2. The number of alkyl halides is 6. The van der Waals surface area contributed by atoms with Crippen molar-refractivity contribution in [1.82, 2.24) is 4.98 Å². The second-order valence-corrected chi connectivity index (χ2v) is 9.55. The molecule has 2 amide bonds. The standard InChI is InChI=1S/C28H24F6N4O5/c29-27(30,31)15-43-23-13-21(37-26(41)42)20(12-19(23)28(32,33)34)36-25(40)14-22(39)18-5-3-4-16(10-18)17-6-7-35-24(11-17)38-8-1-2-9-38/h3-7,10-13,37H,1-2,8-9,14-15H2,(H,36,40)(H,41,42). The van der Waals surface area contributed by atoms with E-state index in [0.29, 0.717) is 11.6 Å². The monoisotopic (exact) mass is 610 g/mol. The summed E-state index contributed by atoms with van der Waals surface area (Å²) in [6.07, 6.45) is -9.09. The fourth-order valence-corrected chi connectivity index (χ4v) is 4.43. The molecular weight excluding hydrogens is 586 g/mol. The number of carbonyl (C=O) groups is 3. The summed E-state index contributed by atoms with van der Waals surface area (Å²) in [6, 6.07) is 10.6. The number of ketones is 1. The number of anilines is 3. The Labute approximate surface area is 240 Å². The van der Waals surface area contributed by atoms with E-state index in [1.54, 1.807) is 35.8 Å². The Hall–Kier alpha value is -4.82. The smallest absolute Gasteiger partial charge is 0.422 e. The largest absolute Gasteiger partial charge is 0.483 e. The van der Waals surface area contributed by atoms with Gasteiger partial charge in [0.2, 0.25) is 5.91 Å². The quantitative estimate of drug-likeness (QED) is 0.142. The van der Waals surface area contributed by atoms with Crippen LogP contribution in [0.25, 0.3) is 11.1 Å². The summed E-state index contributed by atoms with van der Waals surface area (Å²) in [5.41, 5.74) is -1.59. The molecule has 0 aliphatic carbocycles. The maximum absolute atomic E-state index is 13.6. The van der Waals surface area contributed by atoms with Gasteiger partial charge in [-0.15, -0.1) is 0 Å². The van der Waals surface area contributed by atoms with Crippen molar-refractivity contribution in [3.8, 4) is 16.9 Å². The van der Waals surface area contributed by atoms with Crippen LogP contribution in [0.15, 0.2) is 54.7 Å². The minimum Gasteiger partial charge on any atom is -0.483 e. The van der Waals surface area contributed by atoms with E-state index < -0.39 is 65.9 Å². The first-order valence-electron chi connectivity index (χ1n) is 12.8. The van der Waals surface area contributed by atoms with Crippen molar-refractivity contribution < 1.29 is 50.6 Å². The minimum absolute atomic E-state index is 0.128. The summed E-state index contributed by atoms with van der Waals surface area (Å²) in [5, 5.41) is 12.8. The lowest BCUT2D eigenvalue weighted by Crippen LogP contribution is -2.22. The van der Waals surface area contributed by atoms with Crippen LogP contribution in [-0.2, 0) is 11.0 Å². The summed E-state index contributed by atoms with van der Waals surface area (Å²) < 4.78 is 82.9. The number of halogens is 6. The summed E-state index contributed by atoms with van der Waals surface area (Å²) in [4.78, 5) is 43.4. The number of amides is 2. The molecule has 1 aliphatic heterocycles. The maximum Gasteiger partial charge on any atom is 0.422 e. The van der Waals surface area contributed by atoms with E-state index in [4.69, 9.17) is 5.11 Å². The molecule has 0 atom stereocenters. The first kappa shape index (κ1) is 31.1. The van der Waals surface area contributed by atoms with E-state index in [9.17, 15) is 40.7 Å². The Morgan fingerprint density at radius 3 is 2.23 bits per heavy atom. The number of hydrogen-bond donors (Lipinski definition) is 3. The fourth-order valence-electron chi connectivity index (χ4n) is 4.43. The molecule has 9 nitrogen and oxygen atoms in total. The summed E-state index contributed by atoms with van der Waals surface area (Å²) >= 11 is 0. The van der Waals surface area contributed by atoms with E-state index >= 15 is 0 Å². The molecule has 1 fully saturated rings. The Kier molecular flexibility index (Phi) is 9.11. The van der Waals surface area contributed by atoms with Gasteiger partial charge in [-0.3, -0.25) is 14.9 Å². The first-order valence-corrected chi connectivity index (χ1v) is 12.8. The number of nitrogens with zero attached hydrogens (tertiary/aromatic N) is 2. The van der Waals surface area contributed by atoms with Gasteiger partial charge >= 0.3 is 18.4 Å². The first-order chi connectivity index (χ1) is 20.2. The van der Waals surface area contributed by atoms with Crippen LogP contribution >= 0.6 is 0 Å². The highest BCUT2D eigenvalue weighted by Crippen LogP contribution is 2.42. The van der Waals surface area contributed by atoms with Gasteiger partial charge in [-0.1, -0.05) is 18.2 Å². The van der Waals surface area contributed by atoms with Crippen LogP contribution in [0.1, 0.15) is 35.2 Å². The Morgan fingerprint density at radius 2 is 1.58 bits per heavy atom. The molecule has 43 heavy (non-hydrogen) atoms. The van der Waals surface area contributed by atoms with Crippen molar-refractivity contribution in [3.63, 3.8) is 0 Å². The normalized spacial score (nSPS) is 13.5. The highest BCUT2D eigenvalue weighted by molar-refractivity contribution is 6.12. The second kappa shape index (κ2) is 12.6. The predicted molar refractivity (Wildman–Crippen MR) is 143 cm³/mol. The number of aromatic nitrogens is 1. The molecule has 0 spiro atoms. The van der Waals surface area contributed by atoms with Crippen LogP contribution in [0.3, 0.4) is 0 Å². The zero-order chi connectivity index (χ0) is 31.4. The molecule has 1 saturated heterocycles. The van der Waals surface area contributed by atoms with Crippen molar-refractivity contribution in [3.05, 3.63) is 65.9 Å². The highest BCUT2D eigenvalue weighted by atomic mass is 19.4. The maximum atomic E-state index is 13.6. The molecule has 0 radical (unpaired) electrons. The van der Waals surface area contributed by atoms with Crippen LogP contribution in [0.2, 0.25) is 0 Å². The van der Waals surface area contributed by atoms with Gasteiger partial charge < -0.3 is 20.1 Å². The van der Waals surface area contributed by atoms with Crippen molar-refractivity contribution >= 4 is 35.0 Å². The minimum atomic E-state index is -5.24. The molecule has 15 heteroatoms. The van der Waals surface area contributed by atoms with Crippen LogP contribution in [0.5, 0.6) is 5.75 Å². The average Bonchev–Trinajstić information content (AvgIpc) is 3.47. The number of carbonyl (C=O) groups excluding carboxylic acids is 2. The molecule has 2 heterocycles. The number of carboxylic acid groups (broad SMARTS) is 1.